The van der Waals surface area contributed by atoms with Crippen LogP contribution in [0.1, 0.15) is 6.42 Å². The molecule has 3 rings (SSSR count). The summed E-state index contributed by atoms with van der Waals surface area (Å²) in [6, 6.07) is 0.726. The van der Waals surface area contributed by atoms with Gasteiger partial charge in [-0.15, -0.1) is 0 Å². The maximum atomic E-state index is 3.48. The summed E-state index contributed by atoms with van der Waals surface area (Å²) in [5.41, 5.74) is 0. The molecule has 3 aliphatic heterocycles. The molecule has 2 heteroatoms. The van der Waals surface area contributed by atoms with Gasteiger partial charge in [-0.1, -0.05) is 0 Å². The van der Waals surface area contributed by atoms with E-state index in [9.17, 15) is 0 Å². The van der Waals surface area contributed by atoms with Crippen LogP contribution in [0.15, 0.2) is 0 Å². The number of hydrogen-bond donors (Lipinski definition) is 1. The molecule has 50 valence electrons. The number of fused-ring (bicyclic) bond motifs is 4. The molecule has 2 radical (unpaired) electrons. The first-order valence-electron chi connectivity index (χ1n) is 3.74. The predicted molar refractivity (Wildman–Crippen MR) is 37.4 cm³/mol. The first-order valence-corrected chi connectivity index (χ1v) is 3.74. The molecule has 2 atom stereocenters. The van der Waals surface area contributed by atoms with E-state index in [0.717, 1.165) is 6.04 Å². The summed E-state index contributed by atoms with van der Waals surface area (Å²) in [6.07, 6.45) is 3.70. The Hall–Kier alpha value is -0.0800. The van der Waals surface area contributed by atoms with Crippen LogP contribution in [0.25, 0.3) is 0 Å². The maximum absolute atomic E-state index is 3.48. The van der Waals surface area contributed by atoms with E-state index in [1.807, 2.05) is 0 Å². The van der Waals surface area contributed by atoms with Gasteiger partial charge in [0, 0.05) is 25.4 Å². The topological polar surface area (TPSA) is 17.9 Å². The van der Waals surface area contributed by atoms with E-state index in [1.54, 1.807) is 0 Å². The van der Waals surface area contributed by atoms with Crippen molar-refractivity contribution in [1.29, 1.82) is 0 Å². The highest BCUT2D eigenvalue weighted by Crippen LogP contribution is 2.09. The van der Waals surface area contributed by atoms with Crippen LogP contribution in [0.5, 0.6) is 0 Å². The third kappa shape index (κ3) is 1.10. The smallest absolute Gasteiger partial charge is 0.135 e. The molecule has 0 aromatic heterocycles. The number of piperidine rings is 1. The second-order valence-corrected chi connectivity index (χ2v) is 2.89. The van der Waals surface area contributed by atoms with Gasteiger partial charge in [-0.05, 0) is 0 Å². The SMILES string of the molecule is [CH]1C[N+]2CCNC1CC2. The van der Waals surface area contributed by atoms with Crippen LogP contribution >= 0.6 is 0 Å². The van der Waals surface area contributed by atoms with Crippen molar-refractivity contribution in [3.8, 4) is 0 Å². The quantitative estimate of drug-likeness (QED) is 0.440. The van der Waals surface area contributed by atoms with Gasteiger partial charge < -0.3 is 5.32 Å². The molecule has 9 heavy (non-hydrogen) atoms. The highest BCUT2D eigenvalue weighted by molar-refractivity contribution is 4.96. The third-order valence-corrected chi connectivity index (χ3v) is 2.24. The van der Waals surface area contributed by atoms with Crippen LogP contribution in [0.4, 0.5) is 0 Å². The van der Waals surface area contributed by atoms with E-state index < -0.39 is 0 Å². The molecule has 3 fully saturated rings. The van der Waals surface area contributed by atoms with Crippen LogP contribution in [-0.2, 0) is 0 Å². The Morgan fingerprint density at radius 2 is 2.44 bits per heavy atom. The summed E-state index contributed by atoms with van der Waals surface area (Å²) in [4.78, 5) is 2.50. The average Bonchev–Trinajstić information content (AvgIpc) is 2.21. The highest BCUT2D eigenvalue weighted by atomic mass is 15.2. The normalized spacial score (nSPS) is 42.7. The van der Waals surface area contributed by atoms with Crippen LogP contribution in [-0.4, -0.2) is 32.2 Å². The van der Waals surface area contributed by atoms with Crippen molar-refractivity contribution in [2.75, 3.05) is 26.2 Å². The number of rotatable bonds is 0. The van der Waals surface area contributed by atoms with Crippen molar-refractivity contribution >= 4 is 0 Å². The molecule has 0 spiro atoms. The Bertz CT molecular complexity index is 77.6. The number of nitrogens with one attached hydrogen (secondary N) is 1. The molecule has 3 heterocycles. The van der Waals surface area contributed by atoms with E-state index in [1.165, 1.54) is 32.6 Å². The van der Waals surface area contributed by atoms with Crippen molar-refractivity contribution < 1.29 is 0 Å². The van der Waals surface area contributed by atoms with E-state index in [4.69, 9.17) is 0 Å². The van der Waals surface area contributed by atoms with E-state index in [-0.39, 0.29) is 0 Å². The van der Waals surface area contributed by atoms with Crippen LogP contribution < -0.4 is 10.2 Å². The molecule has 0 amide bonds. The van der Waals surface area contributed by atoms with Crippen LogP contribution in [0.2, 0.25) is 0 Å². The van der Waals surface area contributed by atoms with Gasteiger partial charge >= 0.3 is 0 Å². The van der Waals surface area contributed by atoms with Crippen molar-refractivity contribution in [2.45, 2.75) is 12.5 Å². The Balaban J connectivity index is 2.03. The summed E-state index contributed by atoms with van der Waals surface area (Å²) in [6.45, 7) is 4.93. The standard InChI is InChI=1S/C7H13N2/c1-4-9-5-2-7(1)8-3-6-9/h1,7-8H,2-6H2/q+1. The Morgan fingerprint density at radius 1 is 1.44 bits per heavy atom. The molecule has 2 bridgehead atoms. The third-order valence-electron chi connectivity index (χ3n) is 2.24. The minimum atomic E-state index is 0.726. The van der Waals surface area contributed by atoms with Gasteiger partial charge in [0.25, 0.3) is 0 Å². The zero-order valence-electron chi connectivity index (χ0n) is 5.64. The van der Waals surface area contributed by atoms with Gasteiger partial charge in [0.15, 0.2) is 0 Å². The minimum Gasteiger partial charge on any atom is -0.308 e. The van der Waals surface area contributed by atoms with E-state index >= 15 is 0 Å². The summed E-state index contributed by atoms with van der Waals surface area (Å²) >= 11 is 0. The second kappa shape index (κ2) is 2.27. The Kier molecular flexibility index (Phi) is 1.44. The van der Waals surface area contributed by atoms with Gasteiger partial charge in [0.1, 0.15) is 19.6 Å². The lowest BCUT2D eigenvalue weighted by Crippen LogP contribution is -2.39. The monoisotopic (exact) mass is 125 g/mol. The number of nitrogens with zero attached hydrogens (tertiary/aromatic N) is 1. The highest BCUT2D eigenvalue weighted by Gasteiger charge is 2.29. The molecule has 2 unspecified atom stereocenters. The van der Waals surface area contributed by atoms with E-state index in [2.05, 4.69) is 16.6 Å². The molecule has 3 aliphatic rings. The van der Waals surface area contributed by atoms with Gasteiger partial charge in [-0.25, -0.2) is 0 Å². The molecule has 0 saturated carbocycles. The van der Waals surface area contributed by atoms with Gasteiger partial charge in [0.05, 0.1) is 0 Å². The summed E-state index contributed by atoms with van der Waals surface area (Å²) in [5, 5.41) is 3.48. The van der Waals surface area contributed by atoms with Crippen LogP contribution in [0, 0.1) is 6.42 Å². The maximum Gasteiger partial charge on any atom is 0.135 e. The van der Waals surface area contributed by atoms with Gasteiger partial charge in [-0.2, -0.15) is 4.90 Å². The summed E-state index contributed by atoms with van der Waals surface area (Å²) in [5.74, 6) is 0. The molecule has 0 aromatic carbocycles. The largest absolute Gasteiger partial charge is 0.308 e. The number of hydrogen-bond acceptors (Lipinski definition) is 2. The summed E-state index contributed by atoms with van der Waals surface area (Å²) in [7, 11) is 0. The first kappa shape index (κ1) is 5.69. The zero-order chi connectivity index (χ0) is 6.10. The Morgan fingerprint density at radius 3 is 3.22 bits per heavy atom. The lowest BCUT2D eigenvalue weighted by molar-refractivity contribution is 0.409. The van der Waals surface area contributed by atoms with Gasteiger partial charge in [-0.3, -0.25) is 0 Å². The Labute approximate surface area is 56.2 Å². The lowest BCUT2D eigenvalue weighted by atomic mass is 10.1. The molecule has 0 aliphatic carbocycles. The van der Waals surface area contributed by atoms with Crippen molar-refractivity contribution in [2.24, 2.45) is 0 Å². The predicted octanol–water partition coefficient (Wildman–Crippen LogP) is -0.294. The van der Waals surface area contributed by atoms with Crippen LogP contribution in [0.3, 0.4) is 0 Å². The molecular formula is C7H13N2+. The molecule has 3 saturated heterocycles. The molecular weight excluding hydrogens is 112 g/mol. The second-order valence-electron chi connectivity index (χ2n) is 2.89. The van der Waals surface area contributed by atoms with E-state index in [0.29, 0.717) is 0 Å². The van der Waals surface area contributed by atoms with Crippen molar-refractivity contribution in [3.05, 3.63) is 6.42 Å². The van der Waals surface area contributed by atoms with Crippen molar-refractivity contribution in [3.63, 3.8) is 0 Å². The first-order chi connectivity index (χ1) is 4.45. The van der Waals surface area contributed by atoms with Crippen molar-refractivity contribution in [1.82, 2.24) is 10.2 Å². The fraction of sp³-hybridized carbons (Fsp3) is 0.857. The minimum absolute atomic E-state index is 0.726. The van der Waals surface area contributed by atoms with Gasteiger partial charge in [0.2, 0.25) is 0 Å². The molecule has 1 N–H and O–H groups in total. The lowest BCUT2D eigenvalue weighted by Gasteiger charge is -2.17. The fourth-order valence-corrected chi connectivity index (χ4v) is 1.60. The zero-order valence-corrected chi connectivity index (χ0v) is 5.64. The molecule has 0 aromatic rings. The molecule has 2 nitrogen and oxygen atoms in total. The fourth-order valence-electron chi connectivity index (χ4n) is 1.60. The average molecular weight is 125 g/mol. The summed E-state index contributed by atoms with van der Waals surface area (Å²) < 4.78 is 0.